The molecule has 1 amide bonds. The Morgan fingerprint density at radius 3 is 2.26 bits per heavy atom. The molecule has 0 bridgehead atoms. The predicted octanol–water partition coefficient (Wildman–Crippen LogP) is 2.92. The monoisotopic (exact) mass is 489 g/mol. The van der Waals surface area contributed by atoms with Gasteiger partial charge in [0, 0.05) is 51.4 Å². The first-order valence-electron chi connectivity index (χ1n) is 11.5. The molecule has 34 heavy (non-hydrogen) atoms. The third kappa shape index (κ3) is 6.21. The van der Waals surface area contributed by atoms with E-state index in [0.29, 0.717) is 44.0 Å². The van der Waals surface area contributed by atoms with Crippen molar-refractivity contribution in [2.45, 2.75) is 30.6 Å². The molecule has 2 aromatic carbocycles. The number of benzene rings is 2. The Hall–Kier alpha value is -2.78. The van der Waals surface area contributed by atoms with Gasteiger partial charge in [0.05, 0.1) is 19.1 Å². The SMILES string of the molecule is COc1ccc(S(=O)(=O)N2CCC(C(=O)NCCCc3ccc(N(C)C)cc3)CC2)cc1OC. The highest BCUT2D eigenvalue weighted by molar-refractivity contribution is 7.89. The Morgan fingerprint density at radius 2 is 1.68 bits per heavy atom. The fraction of sp³-hybridized carbons (Fsp3) is 0.480. The van der Waals surface area contributed by atoms with Crippen LogP contribution in [-0.4, -0.2) is 66.6 Å². The lowest BCUT2D eigenvalue weighted by atomic mass is 9.97. The van der Waals surface area contributed by atoms with Crippen molar-refractivity contribution in [2.24, 2.45) is 5.92 Å². The molecule has 1 aliphatic rings. The molecule has 3 rings (SSSR count). The third-order valence-electron chi connectivity index (χ3n) is 6.21. The van der Waals surface area contributed by atoms with E-state index in [4.69, 9.17) is 9.47 Å². The third-order valence-corrected chi connectivity index (χ3v) is 8.11. The molecule has 186 valence electrons. The summed E-state index contributed by atoms with van der Waals surface area (Å²) >= 11 is 0. The van der Waals surface area contributed by atoms with Gasteiger partial charge in [0.15, 0.2) is 11.5 Å². The van der Waals surface area contributed by atoms with Gasteiger partial charge in [-0.3, -0.25) is 4.79 Å². The number of hydrogen-bond donors (Lipinski definition) is 1. The average Bonchev–Trinajstić information content (AvgIpc) is 2.86. The number of nitrogens with zero attached hydrogens (tertiary/aromatic N) is 2. The molecule has 1 saturated heterocycles. The van der Waals surface area contributed by atoms with Crippen LogP contribution in [0, 0.1) is 5.92 Å². The summed E-state index contributed by atoms with van der Waals surface area (Å²) in [5, 5.41) is 3.02. The maximum atomic E-state index is 13.1. The second kappa shape index (κ2) is 11.6. The van der Waals surface area contributed by atoms with E-state index >= 15 is 0 Å². The van der Waals surface area contributed by atoms with E-state index in [2.05, 4.69) is 34.5 Å². The second-order valence-electron chi connectivity index (χ2n) is 8.65. The van der Waals surface area contributed by atoms with Gasteiger partial charge in [-0.1, -0.05) is 12.1 Å². The van der Waals surface area contributed by atoms with E-state index in [0.717, 1.165) is 18.5 Å². The number of nitrogens with one attached hydrogen (secondary N) is 1. The summed E-state index contributed by atoms with van der Waals surface area (Å²) in [4.78, 5) is 14.8. The number of carbonyl (C=O) groups excluding carboxylic acids is 1. The van der Waals surface area contributed by atoms with E-state index < -0.39 is 10.0 Å². The van der Waals surface area contributed by atoms with Gasteiger partial charge in [0.1, 0.15) is 0 Å². The van der Waals surface area contributed by atoms with Crippen LogP contribution < -0.4 is 19.7 Å². The number of piperidine rings is 1. The van der Waals surface area contributed by atoms with Gasteiger partial charge in [-0.25, -0.2) is 8.42 Å². The maximum absolute atomic E-state index is 13.1. The topological polar surface area (TPSA) is 88.2 Å². The summed E-state index contributed by atoms with van der Waals surface area (Å²) in [6.07, 6.45) is 2.77. The first-order valence-corrected chi connectivity index (χ1v) is 13.0. The standard InChI is InChI=1S/C25H35N3O5S/c1-27(2)21-9-7-19(8-10-21)6-5-15-26-25(29)20-13-16-28(17-14-20)34(30,31)22-11-12-23(32-3)24(18-22)33-4/h7-12,18,20H,5-6,13-17H2,1-4H3,(H,26,29). The number of rotatable bonds is 10. The normalized spacial score (nSPS) is 15.1. The lowest BCUT2D eigenvalue weighted by Gasteiger charge is -2.30. The van der Waals surface area contributed by atoms with Crippen LogP contribution in [0.3, 0.4) is 0 Å². The first-order chi connectivity index (χ1) is 16.3. The number of methoxy groups -OCH3 is 2. The van der Waals surface area contributed by atoms with Crippen LogP contribution >= 0.6 is 0 Å². The van der Waals surface area contributed by atoms with Crippen molar-refractivity contribution >= 4 is 21.6 Å². The molecule has 1 N–H and O–H groups in total. The number of carbonyl (C=O) groups is 1. The van der Waals surface area contributed by atoms with Crippen molar-refractivity contribution in [3.63, 3.8) is 0 Å². The highest BCUT2D eigenvalue weighted by Gasteiger charge is 2.32. The number of sulfonamides is 1. The minimum absolute atomic E-state index is 0.00567. The van der Waals surface area contributed by atoms with Crippen LogP contribution in [0.25, 0.3) is 0 Å². The predicted molar refractivity (Wildman–Crippen MR) is 133 cm³/mol. The molecular formula is C25H35N3O5S. The van der Waals surface area contributed by atoms with Gasteiger partial charge in [0.25, 0.3) is 0 Å². The molecule has 0 radical (unpaired) electrons. The second-order valence-corrected chi connectivity index (χ2v) is 10.6. The molecule has 1 heterocycles. The molecule has 0 saturated carbocycles. The number of hydrogen-bond acceptors (Lipinski definition) is 6. The fourth-order valence-electron chi connectivity index (χ4n) is 4.09. The highest BCUT2D eigenvalue weighted by Crippen LogP contribution is 2.32. The van der Waals surface area contributed by atoms with Gasteiger partial charge in [-0.15, -0.1) is 0 Å². The number of aryl methyl sites for hydroxylation is 1. The first kappa shape index (κ1) is 25.8. The summed E-state index contributed by atoms with van der Waals surface area (Å²) in [7, 11) is 3.34. The molecule has 0 aliphatic carbocycles. The van der Waals surface area contributed by atoms with Gasteiger partial charge in [-0.05, 0) is 55.5 Å². The molecule has 1 aliphatic heterocycles. The van der Waals surface area contributed by atoms with E-state index in [1.54, 1.807) is 6.07 Å². The molecule has 0 spiro atoms. The minimum atomic E-state index is -3.67. The molecule has 0 aromatic heterocycles. The van der Waals surface area contributed by atoms with E-state index in [1.807, 2.05) is 14.1 Å². The zero-order valence-corrected chi connectivity index (χ0v) is 21.2. The van der Waals surface area contributed by atoms with Crippen molar-refractivity contribution in [3.8, 4) is 11.5 Å². The molecule has 0 unspecified atom stereocenters. The fourth-order valence-corrected chi connectivity index (χ4v) is 5.58. The summed E-state index contributed by atoms with van der Waals surface area (Å²) < 4.78 is 38.0. The van der Waals surface area contributed by atoms with Crippen LogP contribution in [0.5, 0.6) is 11.5 Å². The summed E-state index contributed by atoms with van der Waals surface area (Å²) in [6, 6.07) is 13.0. The van der Waals surface area contributed by atoms with Crippen LogP contribution in [0.2, 0.25) is 0 Å². The number of amides is 1. The van der Waals surface area contributed by atoms with Crippen molar-refractivity contribution < 1.29 is 22.7 Å². The molecule has 2 aromatic rings. The minimum Gasteiger partial charge on any atom is -0.493 e. The summed E-state index contributed by atoms with van der Waals surface area (Å²) in [5.74, 6) is 0.677. The van der Waals surface area contributed by atoms with Gasteiger partial charge in [-0.2, -0.15) is 4.31 Å². The Morgan fingerprint density at radius 1 is 1.03 bits per heavy atom. The summed E-state index contributed by atoms with van der Waals surface area (Å²) in [6.45, 7) is 1.23. The molecular weight excluding hydrogens is 454 g/mol. The largest absolute Gasteiger partial charge is 0.493 e. The Bertz CT molecular complexity index is 1060. The van der Waals surface area contributed by atoms with Crippen molar-refractivity contribution in [1.29, 1.82) is 0 Å². The van der Waals surface area contributed by atoms with Crippen LogP contribution in [0.4, 0.5) is 5.69 Å². The smallest absolute Gasteiger partial charge is 0.243 e. The lowest BCUT2D eigenvalue weighted by Crippen LogP contribution is -2.43. The molecule has 1 fully saturated rings. The average molecular weight is 490 g/mol. The van der Waals surface area contributed by atoms with E-state index in [-0.39, 0.29) is 16.7 Å². The summed E-state index contributed by atoms with van der Waals surface area (Å²) in [5.41, 5.74) is 2.41. The van der Waals surface area contributed by atoms with Crippen LogP contribution in [0.1, 0.15) is 24.8 Å². The van der Waals surface area contributed by atoms with Gasteiger partial charge in [0.2, 0.25) is 15.9 Å². The van der Waals surface area contributed by atoms with E-state index in [9.17, 15) is 13.2 Å². The van der Waals surface area contributed by atoms with Crippen molar-refractivity contribution in [1.82, 2.24) is 9.62 Å². The zero-order valence-electron chi connectivity index (χ0n) is 20.4. The number of ether oxygens (including phenoxy) is 2. The van der Waals surface area contributed by atoms with E-state index in [1.165, 1.54) is 36.2 Å². The lowest BCUT2D eigenvalue weighted by molar-refractivity contribution is -0.126. The Kier molecular flexibility index (Phi) is 8.79. The van der Waals surface area contributed by atoms with Gasteiger partial charge < -0.3 is 19.7 Å². The quantitative estimate of drug-likeness (QED) is 0.517. The van der Waals surface area contributed by atoms with Crippen molar-refractivity contribution in [3.05, 3.63) is 48.0 Å². The zero-order chi connectivity index (χ0) is 24.7. The van der Waals surface area contributed by atoms with Gasteiger partial charge >= 0.3 is 0 Å². The van der Waals surface area contributed by atoms with Crippen molar-refractivity contribution in [2.75, 3.05) is 52.8 Å². The Balaban J connectivity index is 1.46. The number of anilines is 1. The molecule has 8 nitrogen and oxygen atoms in total. The molecule has 9 heteroatoms. The van der Waals surface area contributed by atoms with Crippen LogP contribution in [0.15, 0.2) is 47.4 Å². The maximum Gasteiger partial charge on any atom is 0.243 e. The Labute approximate surface area is 202 Å². The van der Waals surface area contributed by atoms with Crippen LogP contribution in [-0.2, 0) is 21.2 Å². The highest BCUT2D eigenvalue weighted by atomic mass is 32.2. The molecule has 0 atom stereocenters.